The summed E-state index contributed by atoms with van der Waals surface area (Å²) in [6.45, 7) is 4.22. The Morgan fingerprint density at radius 2 is 1.91 bits per heavy atom. The molecular formula is C17H18BrClN2S. The van der Waals surface area contributed by atoms with Crippen LogP contribution in [0.4, 0.5) is 5.69 Å². The number of anilines is 1. The van der Waals surface area contributed by atoms with Gasteiger partial charge < -0.3 is 10.6 Å². The minimum absolute atomic E-state index is 0.187. The number of thiocarbonyl (C=S) groups is 1. The minimum atomic E-state index is 0.187. The van der Waals surface area contributed by atoms with Gasteiger partial charge in [-0.1, -0.05) is 48.4 Å². The van der Waals surface area contributed by atoms with Crippen molar-refractivity contribution >= 4 is 50.5 Å². The Balaban J connectivity index is 2.02. The molecule has 0 fully saturated rings. The van der Waals surface area contributed by atoms with E-state index in [0.717, 1.165) is 16.6 Å². The normalized spacial score (nSPS) is 11.8. The summed E-state index contributed by atoms with van der Waals surface area (Å²) in [7, 11) is 0. The Bertz CT molecular complexity index is 658. The molecule has 2 N–H and O–H groups in total. The summed E-state index contributed by atoms with van der Waals surface area (Å²) in [5.41, 5.74) is 3.35. The van der Waals surface area contributed by atoms with Crippen molar-refractivity contribution in [1.82, 2.24) is 5.32 Å². The molecule has 22 heavy (non-hydrogen) atoms. The largest absolute Gasteiger partial charge is 0.356 e. The molecule has 0 radical (unpaired) electrons. The van der Waals surface area contributed by atoms with Crippen molar-refractivity contribution in [3.63, 3.8) is 0 Å². The number of aryl methyl sites for hydroxylation is 1. The van der Waals surface area contributed by atoms with Crippen molar-refractivity contribution in [1.29, 1.82) is 0 Å². The van der Waals surface area contributed by atoms with E-state index in [1.807, 2.05) is 18.2 Å². The second kappa shape index (κ2) is 7.95. The number of rotatable bonds is 4. The van der Waals surface area contributed by atoms with Crippen molar-refractivity contribution in [2.45, 2.75) is 26.3 Å². The van der Waals surface area contributed by atoms with Crippen LogP contribution in [0.2, 0.25) is 5.02 Å². The van der Waals surface area contributed by atoms with Gasteiger partial charge in [0.05, 0.1) is 11.1 Å². The maximum absolute atomic E-state index is 6.09. The molecule has 0 aliphatic rings. The zero-order chi connectivity index (χ0) is 16.1. The van der Waals surface area contributed by atoms with Crippen LogP contribution in [0, 0.1) is 6.92 Å². The fourth-order valence-electron chi connectivity index (χ4n) is 2.12. The summed E-state index contributed by atoms with van der Waals surface area (Å²) < 4.78 is 0.865. The quantitative estimate of drug-likeness (QED) is 0.633. The van der Waals surface area contributed by atoms with Gasteiger partial charge in [0.25, 0.3) is 0 Å². The van der Waals surface area contributed by atoms with Crippen LogP contribution >= 0.6 is 39.7 Å². The SMILES string of the molecule is CC[C@@H](NC(=S)Nc1ccc(Br)c(Cl)c1)c1ccc(C)cc1. The molecule has 2 rings (SSSR count). The summed E-state index contributed by atoms with van der Waals surface area (Å²) >= 11 is 14.9. The number of hydrogen-bond acceptors (Lipinski definition) is 1. The van der Waals surface area contributed by atoms with Crippen molar-refractivity contribution in [3.8, 4) is 0 Å². The van der Waals surface area contributed by atoms with E-state index >= 15 is 0 Å². The van der Waals surface area contributed by atoms with Gasteiger partial charge in [-0.2, -0.15) is 0 Å². The van der Waals surface area contributed by atoms with E-state index in [-0.39, 0.29) is 6.04 Å². The number of halogens is 2. The molecule has 5 heteroatoms. The Morgan fingerprint density at radius 3 is 2.50 bits per heavy atom. The molecule has 0 saturated carbocycles. The standard InChI is InChI=1S/C17H18BrClN2S/c1-3-16(12-6-4-11(2)5-7-12)21-17(22)20-13-8-9-14(18)15(19)10-13/h4-10,16H,3H2,1-2H3,(H2,20,21,22)/t16-/m1/s1. The van der Waals surface area contributed by atoms with Gasteiger partial charge >= 0.3 is 0 Å². The van der Waals surface area contributed by atoms with Crippen molar-refractivity contribution in [3.05, 3.63) is 63.1 Å². The molecule has 2 aromatic carbocycles. The van der Waals surface area contributed by atoms with Crippen molar-refractivity contribution in [2.75, 3.05) is 5.32 Å². The molecule has 0 amide bonds. The summed E-state index contributed by atoms with van der Waals surface area (Å²) in [6, 6.07) is 14.3. The summed E-state index contributed by atoms with van der Waals surface area (Å²) in [4.78, 5) is 0. The average Bonchev–Trinajstić information content (AvgIpc) is 2.49. The van der Waals surface area contributed by atoms with Crippen molar-refractivity contribution in [2.24, 2.45) is 0 Å². The second-order valence-corrected chi connectivity index (χ2v) is 6.77. The lowest BCUT2D eigenvalue weighted by Crippen LogP contribution is -2.32. The molecule has 0 aliphatic heterocycles. The first kappa shape index (κ1) is 17.3. The molecule has 1 atom stereocenters. The lowest BCUT2D eigenvalue weighted by Gasteiger charge is -2.20. The Labute approximate surface area is 150 Å². The number of nitrogens with one attached hydrogen (secondary N) is 2. The second-order valence-electron chi connectivity index (χ2n) is 5.10. The first-order chi connectivity index (χ1) is 10.5. The van der Waals surface area contributed by atoms with Crippen LogP contribution in [0.1, 0.15) is 30.5 Å². The van der Waals surface area contributed by atoms with Crippen LogP contribution in [0.25, 0.3) is 0 Å². The first-order valence-electron chi connectivity index (χ1n) is 7.08. The Morgan fingerprint density at radius 1 is 1.23 bits per heavy atom. The highest BCUT2D eigenvalue weighted by Gasteiger charge is 2.10. The minimum Gasteiger partial charge on any atom is -0.356 e. The van der Waals surface area contributed by atoms with E-state index in [0.29, 0.717) is 10.1 Å². The maximum atomic E-state index is 6.09. The lowest BCUT2D eigenvalue weighted by molar-refractivity contribution is 0.629. The predicted molar refractivity (Wildman–Crippen MR) is 103 cm³/mol. The average molecular weight is 398 g/mol. The fraction of sp³-hybridized carbons (Fsp3) is 0.235. The number of hydrogen-bond donors (Lipinski definition) is 2. The van der Waals surface area contributed by atoms with Gasteiger partial charge in [-0.05, 0) is 65.3 Å². The van der Waals surface area contributed by atoms with Gasteiger partial charge in [0.1, 0.15) is 0 Å². The molecule has 2 aromatic rings. The summed E-state index contributed by atoms with van der Waals surface area (Å²) in [6.07, 6.45) is 0.950. The van der Waals surface area contributed by atoms with Gasteiger partial charge in [-0.3, -0.25) is 0 Å². The topological polar surface area (TPSA) is 24.1 Å². The van der Waals surface area contributed by atoms with E-state index in [1.165, 1.54) is 11.1 Å². The van der Waals surface area contributed by atoms with E-state index in [1.54, 1.807) is 0 Å². The molecule has 0 bridgehead atoms. The van der Waals surface area contributed by atoms with Gasteiger partial charge in [0.15, 0.2) is 5.11 Å². The molecule has 0 unspecified atom stereocenters. The van der Waals surface area contributed by atoms with Crippen LogP contribution in [-0.2, 0) is 0 Å². The summed E-state index contributed by atoms with van der Waals surface area (Å²) in [5, 5.41) is 7.76. The third-order valence-electron chi connectivity index (χ3n) is 3.37. The van der Waals surface area contributed by atoms with E-state index < -0.39 is 0 Å². The van der Waals surface area contributed by atoms with Gasteiger partial charge in [-0.25, -0.2) is 0 Å². The van der Waals surface area contributed by atoms with Crippen molar-refractivity contribution < 1.29 is 0 Å². The highest BCUT2D eigenvalue weighted by atomic mass is 79.9. The lowest BCUT2D eigenvalue weighted by atomic mass is 10.0. The van der Waals surface area contributed by atoms with Crippen LogP contribution in [0.15, 0.2) is 46.9 Å². The van der Waals surface area contributed by atoms with E-state index in [9.17, 15) is 0 Å². The van der Waals surface area contributed by atoms with Gasteiger partial charge in [-0.15, -0.1) is 0 Å². The molecule has 0 saturated heterocycles. The smallest absolute Gasteiger partial charge is 0.171 e. The Kier molecular flexibility index (Phi) is 6.24. The highest BCUT2D eigenvalue weighted by molar-refractivity contribution is 9.10. The van der Waals surface area contributed by atoms with Crippen LogP contribution < -0.4 is 10.6 Å². The molecular weight excluding hydrogens is 380 g/mol. The highest BCUT2D eigenvalue weighted by Crippen LogP contribution is 2.25. The van der Waals surface area contributed by atoms with E-state index in [2.05, 4.69) is 64.7 Å². The third-order valence-corrected chi connectivity index (χ3v) is 4.82. The van der Waals surface area contributed by atoms with Gasteiger partial charge in [0, 0.05) is 10.2 Å². The maximum Gasteiger partial charge on any atom is 0.171 e. The zero-order valence-corrected chi connectivity index (χ0v) is 15.6. The van der Waals surface area contributed by atoms with Crippen LogP contribution in [-0.4, -0.2) is 5.11 Å². The fourth-order valence-corrected chi connectivity index (χ4v) is 2.81. The van der Waals surface area contributed by atoms with Crippen LogP contribution in [0.3, 0.4) is 0 Å². The molecule has 0 aliphatic carbocycles. The molecule has 116 valence electrons. The van der Waals surface area contributed by atoms with E-state index in [4.69, 9.17) is 23.8 Å². The predicted octanol–water partition coefficient (Wildman–Crippen LogP) is 5.85. The summed E-state index contributed by atoms with van der Waals surface area (Å²) in [5.74, 6) is 0. The molecule has 0 spiro atoms. The Hall–Kier alpha value is -1.10. The van der Waals surface area contributed by atoms with Crippen LogP contribution in [0.5, 0.6) is 0 Å². The molecule has 0 aromatic heterocycles. The monoisotopic (exact) mass is 396 g/mol. The molecule has 2 nitrogen and oxygen atoms in total. The third kappa shape index (κ3) is 4.70. The first-order valence-corrected chi connectivity index (χ1v) is 8.66. The zero-order valence-electron chi connectivity index (χ0n) is 12.5. The number of benzene rings is 2. The van der Waals surface area contributed by atoms with Gasteiger partial charge in [0.2, 0.25) is 0 Å². The molecule has 0 heterocycles.